The van der Waals surface area contributed by atoms with Gasteiger partial charge in [0, 0.05) is 0 Å². The summed E-state index contributed by atoms with van der Waals surface area (Å²) in [7, 11) is 0. The van der Waals surface area contributed by atoms with E-state index in [1.54, 1.807) is 18.4 Å². The number of aromatic nitrogens is 2. The van der Waals surface area contributed by atoms with Gasteiger partial charge in [-0.1, -0.05) is 78.0 Å². The van der Waals surface area contributed by atoms with Crippen LogP contribution in [-0.2, 0) is 4.79 Å². The topological polar surface area (TPSA) is 81.2 Å². The summed E-state index contributed by atoms with van der Waals surface area (Å²) in [5, 5.41) is 7.05. The lowest BCUT2D eigenvalue weighted by Gasteiger charge is -2.18. The number of rotatable bonds is 6. The molecule has 0 unspecified atom stereocenters. The van der Waals surface area contributed by atoms with E-state index in [4.69, 9.17) is 8.94 Å². The van der Waals surface area contributed by atoms with Crippen LogP contribution >= 0.6 is 0 Å². The molecule has 0 saturated heterocycles. The first-order valence-electron chi connectivity index (χ1n) is 10.2. The summed E-state index contributed by atoms with van der Waals surface area (Å²) in [4.78, 5) is 17.9. The Kier molecular flexibility index (Phi) is 5.32. The van der Waals surface area contributed by atoms with Crippen LogP contribution in [-0.4, -0.2) is 16.0 Å². The number of carbonyl (C=O) groups excluding carboxylic acids is 1. The molecule has 0 radical (unpaired) electrons. The van der Waals surface area contributed by atoms with E-state index in [2.05, 4.69) is 15.5 Å². The maximum absolute atomic E-state index is 13.5. The molecule has 0 aliphatic heterocycles. The standard InChI is InChI=1S/C26H19N3O3/c30-25(23(18-10-3-1-4-11-18)19-12-5-2-6-13-19)27-21-15-8-7-14-20(21)26-28-24(29-32-26)22-16-9-17-31-22/h1-17,23H,(H,27,30). The van der Waals surface area contributed by atoms with Crippen molar-refractivity contribution >= 4 is 11.6 Å². The van der Waals surface area contributed by atoms with Crippen LogP contribution in [0.5, 0.6) is 0 Å². The highest BCUT2D eigenvalue weighted by Gasteiger charge is 2.24. The van der Waals surface area contributed by atoms with E-state index in [9.17, 15) is 4.79 Å². The molecule has 0 saturated carbocycles. The van der Waals surface area contributed by atoms with Crippen LogP contribution in [0.1, 0.15) is 17.0 Å². The Hall–Kier alpha value is -4.45. The fourth-order valence-electron chi connectivity index (χ4n) is 3.61. The lowest BCUT2D eigenvalue weighted by Crippen LogP contribution is -2.22. The zero-order chi connectivity index (χ0) is 21.8. The highest BCUT2D eigenvalue weighted by molar-refractivity contribution is 6.00. The number of benzene rings is 3. The number of furan rings is 1. The molecule has 0 spiro atoms. The number of hydrogen-bond acceptors (Lipinski definition) is 5. The lowest BCUT2D eigenvalue weighted by molar-refractivity contribution is -0.116. The van der Waals surface area contributed by atoms with Gasteiger partial charge in [0.2, 0.25) is 11.7 Å². The average molecular weight is 421 g/mol. The largest absolute Gasteiger partial charge is 0.461 e. The minimum absolute atomic E-state index is 0.152. The smallest absolute Gasteiger partial charge is 0.260 e. The third-order valence-corrected chi connectivity index (χ3v) is 5.11. The summed E-state index contributed by atoms with van der Waals surface area (Å²) >= 11 is 0. The molecule has 1 amide bonds. The molecule has 5 aromatic rings. The number of amides is 1. The van der Waals surface area contributed by atoms with E-state index in [0.29, 0.717) is 28.7 Å². The molecule has 5 rings (SSSR count). The van der Waals surface area contributed by atoms with E-state index in [1.165, 1.54) is 0 Å². The number of nitrogens with one attached hydrogen (secondary N) is 1. The third-order valence-electron chi connectivity index (χ3n) is 5.11. The zero-order valence-corrected chi connectivity index (χ0v) is 17.0. The summed E-state index contributed by atoms with van der Waals surface area (Å²) in [6.07, 6.45) is 1.55. The minimum Gasteiger partial charge on any atom is -0.461 e. The second kappa shape index (κ2) is 8.73. The summed E-state index contributed by atoms with van der Waals surface area (Å²) in [6, 6.07) is 30.3. The first-order valence-corrected chi connectivity index (χ1v) is 10.2. The maximum atomic E-state index is 13.5. The predicted octanol–water partition coefficient (Wildman–Crippen LogP) is 5.77. The Labute approximate surface area is 184 Å². The van der Waals surface area contributed by atoms with Gasteiger partial charge in [-0.05, 0) is 35.4 Å². The molecule has 3 aromatic carbocycles. The van der Waals surface area contributed by atoms with Gasteiger partial charge in [0.15, 0.2) is 5.76 Å². The summed E-state index contributed by atoms with van der Waals surface area (Å²) < 4.78 is 10.8. The highest BCUT2D eigenvalue weighted by atomic mass is 16.5. The van der Waals surface area contributed by atoms with Crippen molar-refractivity contribution < 1.29 is 13.7 Å². The monoisotopic (exact) mass is 421 g/mol. The Morgan fingerprint density at radius 1 is 0.781 bits per heavy atom. The minimum atomic E-state index is -0.466. The SMILES string of the molecule is O=C(Nc1ccccc1-c1nc(-c2ccco2)no1)C(c1ccccc1)c1ccccc1. The Bertz CT molecular complexity index is 1270. The third kappa shape index (κ3) is 3.94. The van der Waals surface area contributed by atoms with Gasteiger partial charge in [-0.25, -0.2) is 0 Å². The highest BCUT2D eigenvalue weighted by Crippen LogP contribution is 2.31. The van der Waals surface area contributed by atoms with Crippen molar-refractivity contribution in [1.82, 2.24) is 10.1 Å². The molecule has 0 bridgehead atoms. The number of carbonyl (C=O) groups is 1. The van der Waals surface area contributed by atoms with Gasteiger partial charge in [0.1, 0.15) is 0 Å². The molecule has 2 heterocycles. The normalized spacial score (nSPS) is 10.9. The lowest BCUT2D eigenvalue weighted by atomic mass is 9.90. The Morgan fingerprint density at radius 3 is 2.09 bits per heavy atom. The molecule has 0 atom stereocenters. The van der Waals surface area contributed by atoms with Crippen molar-refractivity contribution in [3.8, 4) is 23.0 Å². The molecular formula is C26H19N3O3. The second-order valence-corrected chi connectivity index (χ2v) is 7.19. The first kappa shape index (κ1) is 19.5. The van der Waals surface area contributed by atoms with Crippen LogP contribution in [0.4, 0.5) is 5.69 Å². The number of hydrogen-bond donors (Lipinski definition) is 1. The molecule has 2 aromatic heterocycles. The molecule has 1 N–H and O–H groups in total. The van der Waals surface area contributed by atoms with E-state index < -0.39 is 5.92 Å². The van der Waals surface area contributed by atoms with Crippen molar-refractivity contribution in [2.75, 3.05) is 5.32 Å². The van der Waals surface area contributed by atoms with Crippen molar-refractivity contribution in [1.29, 1.82) is 0 Å². The number of anilines is 1. The van der Waals surface area contributed by atoms with Gasteiger partial charge in [0.05, 0.1) is 23.4 Å². The van der Waals surface area contributed by atoms with Crippen molar-refractivity contribution in [2.24, 2.45) is 0 Å². The predicted molar refractivity (Wildman–Crippen MR) is 121 cm³/mol. The fourth-order valence-corrected chi connectivity index (χ4v) is 3.61. The summed E-state index contributed by atoms with van der Waals surface area (Å²) in [5.74, 6) is 0.531. The van der Waals surface area contributed by atoms with Crippen molar-refractivity contribution in [3.63, 3.8) is 0 Å². The molecular weight excluding hydrogens is 402 g/mol. The zero-order valence-electron chi connectivity index (χ0n) is 17.0. The molecule has 32 heavy (non-hydrogen) atoms. The molecule has 0 aliphatic rings. The first-order chi connectivity index (χ1) is 15.8. The van der Waals surface area contributed by atoms with E-state index in [1.807, 2.05) is 84.9 Å². The quantitative estimate of drug-likeness (QED) is 0.377. The van der Waals surface area contributed by atoms with Crippen LogP contribution < -0.4 is 5.32 Å². The van der Waals surface area contributed by atoms with E-state index >= 15 is 0 Å². The van der Waals surface area contributed by atoms with Crippen LogP contribution in [0.15, 0.2) is 112 Å². The fraction of sp³-hybridized carbons (Fsp3) is 0.0385. The van der Waals surface area contributed by atoms with Gasteiger partial charge in [-0.3, -0.25) is 4.79 Å². The second-order valence-electron chi connectivity index (χ2n) is 7.19. The van der Waals surface area contributed by atoms with E-state index in [0.717, 1.165) is 11.1 Å². The molecule has 6 heteroatoms. The van der Waals surface area contributed by atoms with Crippen molar-refractivity contribution in [3.05, 3.63) is 114 Å². The number of para-hydroxylation sites is 1. The number of nitrogens with zero attached hydrogens (tertiary/aromatic N) is 2. The van der Waals surface area contributed by atoms with Gasteiger partial charge >= 0.3 is 0 Å². The van der Waals surface area contributed by atoms with Crippen LogP contribution in [0.25, 0.3) is 23.0 Å². The maximum Gasteiger partial charge on any atom is 0.260 e. The Balaban J connectivity index is 1.48. The van der Waals surface area contributed by atoms with Crippen molar-refractivity contribution in [2.45, 2.75) is 5.92 Å². The molecule has 0 aliphatic carbocycles. The van der Waals surface area contributed by atoms with Gasteiger partial charge in [0.25, 0.3) is 5.89 Å². The van der Waals surface area contributed by atoms with E-state index in [-0.39, 0.29) is 5.91 Å². The molecule has 156 valence electrons. The average Bonchev–Trinajstić information content (AvgIpc) is 3.53. The van der Waals surface area contributed by atoms with Crippen LogP contribution in [0, 0.1) is 0 Å². The molecule has 0 fully saturated rings. The summed E-state index contributed by atoms with van der Waals surface area (Å²) in [5.41, 5.74) is 3.04. The van der Waals surface area contributed by atoms with Gasteiger partial charge in [-0.15, -0.1) is 0 Å². The summed E-state index contributed by atoms with van der Waals surface area (Å²) in [6.45, 7) is 0. The Morgan fingerprint density at radius 2 is 1.44 bits per heavy atom. The van der Waals surface area contributed by atoms with Crippen LogP contribution in [0.3, 0.4) is 0 Å². The van der Waals surface area contributed by atoms with Gasteiger partial charge in [-0.2, -0.15) is 4.98 Å². The molecule has 6 nitrogen and oxygen atoms in total. The van der Waals surface area contributed by atoms with Crippen LogP contribution in [0.2, 0.25) is 0 Å². The van der Waals surface area contributed by atoms with Gasteiger partial charge < -0.3 is 14.3 Å².